The molecule has 0 saturated heterocycles. The average molecular weight is 417 g/mol. The lowest BCUT2D eigenvalue weighted by Crippen LogP contribution is -2.39. The molecule has 1 fully saturated rings. The van der Waals surface area contributed by atoms with Crippen molar-refractivity contribution in [3.05, 3.63) is 47.2 Å². The van der Waals surface area contributed by atoms with E-state index >= 15 is 0 Å². The van der Waals surface area contributed by atoms with Gasteiger partial charge >= 0.3 is 5.97 Å². The predicted molar refractivity (Wildman–Crippen MR) is 112 cm³/mol. The van der Waals surface area contributed by atoms with Crippen LogP contribution in [0.2, 0.25) is 0 Å². The molecule has 1 amide bonds. The molecule has 0 N–H and O–H groups in total. The summed E-state index contributed by atoms with van der Waals surface area (Å²) < 4.78 is 10.8. The van der Waals surface area contributed by atoms with Gasteiger partial charge in [-0.1, -0.05) is 31.4 Å². The van der Waals surface area contributed by atoms with E-state index in [1.54, 1.807) is 12.1 Å². The van der Waals surface area contributed by atoms with E-state index in [2.05, 4.69) is 4.98 Å². The highest BCUT2D eigenvalue weighted by atomic mass is 32.2. The first-order valence-electron chi connectivity index (χ1n) is 10.0. The maximum Gasteiger partial charge on any atom is 0.339 e. The van der Waals surface area contributed by atoms with Crippen molar-refractivity contribution in [2.45, 2.75) is 63.5 Å². The monoisotopic (exact) mass is 416 g/mol. The molecule has 1 aliphatic carbocycles. The fraction of sp³-hybridized carbons (Fsp3) is 0.500. The van der Waals surface area contributed by atoms with E-state index in [9.17, 15) is 9.59 Å². The third-order valence-electron chi connectivity index (χ3n) is 5.37. The molecule has 0 aliphatic heterocycles. The van der Waals surface area contributed by atoms with Gasteiger partial charge in [0.05, 0.1) is 17.0 Å². The highest BCUT2D eigenvalue weighted by Crippen LogP contribution is 2.26. The number of aromatic nitrogens is 1. The minimum absolute atomic E-state index is 0.0180. The van der Waals surface area contributed by atoms with Crippen molar-refractivity contribution in [2.24, 2.45) is 0 Å². The molecule has 0 unspecified atom stereocenters. The first-order chi connectivity index (χ1) is 14.0. The largest absolute Gasteiger partial charge is 0.452 e. The number of thioether (sulfide) groups is 1. The molecular formula is C22H28N2O4S. The summed E-state index contributed by atoms with van der Waals surface area (Å²) in [5.41, 5.74) is 1.23. The second kappa shape index (κ2) is 9.96. The van der Waals surface area contributed by atoms with Crippen LogP contribution in [0.15, 0.2) is 33.6 Å². The number of ether oxygens (including phenoxy) is 1. The highest BCUT2D eigenvalue weighted by Gasteiger charge is 2.23. The van der Waals surface area contributed by atoms with Gasteiger partial charge in [-0.3, -0.25) is 4.79 Å². The smallest absolute Gasteiger partial charge is 0.339 e. The Morgan fingerprint density at radius 3 is 2.62 bits per heavy atom. The Balaban J connectivity index is 1.57. The third kappa shape index (κ3) is 5.63. The number of hydrogen-bond donors (Lipinski definition) is 0. The predicted octanol–water partition coefficient (Wildman–Crippen LogP) is 4.53. The Labute approximate surface area is 176 Å². The number of benzene rings is 1. The van der Waals surface area contributed by atoms with Gasteiger partial charge in [0.2, 0.25) is 11.8 Å². The fourth-order valence-electron chi connectivity index (χ4n) is 3.48. The van der Waals surface area contributed by atoms with Crippen molar-refractivity contribution in [3.8, 4) is 0 Å². The number of aryl methyl sites for hydroxylation is 2. The molecule has 29 heavy (non-hydrogen) atoms. The number of nitrogens with zero attached hydrogens (tertiary/aromatic N) is 2. The molecule has 3 rings (SSSR count). The van der Waals surface area contributed by atoms with Crippen LogP contribution in [-0.4, -0.2) is 40.6 Å². The molecule has 7 heteroatoms. The van der Waals surface area contributed by atoms with Gasteiger partial charge in [0.1, 0.15) is 5.76 Å². The van der Waals surface area contributed by atoms with Crippen LogP contribution < -0.4 is 0 Å². The zero-order valence-corrected chi connectivity index (χ0v) is 18.1. The van der Waals surface area contributed by atoms with E-state index in [4.69, 9.17) is 9.15 Å². The normalized spacial score (nSPS) is 14.6. The van der Waals surface area contributed by atoms with E-state index in [-0.39, 0.29) is 12.5 Å². The summed E-state index contributed by atoms with van der Waals surface area (Å²) in [4.78, 5) is 32.0. The molecule has 1 aromatic heterocycles. The number of oxazole rings is 1. The maximum absolute atomic E-state index is 12.6. The lowest BCUT2D eigenvalue weighted by atomic mass is 9.94. The van der Waals surface area contributed by atoms with E-state index in [1.165, 1.54) is 31.0 Å². The number of amides is 1. The number of carbonyl (C=O) groups is 2. The van der Waals surface area contributed by atoms with Gasteiger partial charge < -0.3 is 14.1 Å². The molecule has 0 bridgehead atoms. The van der Waals surface area contributed by atoms with Crippen LogP contribution >= 0.6 is 11.8 Å². The first kappa shape index (κ1) is 21.4. The van der Waals surface area contributed by atoms with E-state index < -0.39 is 5.97 Å². The summed E-state index contributed by atoms with van der Waals surface area (Å²) in [6.07, 6.45) is 5.79. The van der Waals surface area contributed by atoms with Crippen LogP contribution in [-0.2, 0) is 16.1 Å². The van der Waals surface area contributed by atoms with Gasteiger partial charge in [-0.05, 0) is 38.8 Å². The Morgan fingerprint density at radius 1 is 1.21 bits per heavy atom. The summed E-state index contributed by atoms with van der Waals surface area (Å²) in [7, 11) is 1.89. The van der Waals surface area contributed by atoms with E-state index in [1.807, 2.05) is 37.9 Å². The van der Waals surface area contributed by atoms with Gasteiger partial charge in [-0.25, -0.2) is 9.78 Å². The quantitative estimate of drug-likeness (QED) is 0.488. The lowest BCUT2D eigenvalue weighted by molar-refractivity contribution is -0.129. The Bertz CT molecular complexity index is 839. The molecule has 1 aliphatic rings. The zero-order valence-electron chi connectivity index (χ0n) is 17.3. The molecule has 1 aromatic carbocycles. The Morgan fingerprint density at radius 2 is 1.93 bits per heavy atom. The molecular weight excluding hydrogens is 388 g/mol. The summed E-state index contributed by atoms with van der Waals surface area (Å²) >= 11 is 1.37. The van der Waals surface area contributed by atoms with Gasteiger partial charge in [0.15, 0.2) is 6.61 Å². The Kier molecular flexibility index (Phi) is 7.36. The SMILES string of the molecule is Cc1nc(COC(=O)c2ccccc2SCC(=O)N(C)C2CCCCC2)oc1C. The van der Waals surface area contributed by atoms with Crippen molar-refractivity contribution in [2.75, 3.05) is 12.8 Å². The molecule has 0 atom stereocenters. The van der Waals surface area contributed by atoms with Gasteiger partial charge in [0, 0.05) is 18.0 Å². The minimum atomic E-state index is -0.449. The summed E-state index contributed by atoms with van der Waals surface area (Å²) in [6, 6.07) is 7.54. The van der Waals surface area contributed by atoms with Crippen LogP contribution in [0.1, 0.15) is 59.8 Å². The zero-order chi connectivity index (χ0) is 20.8. The summed E-state index contributed by atoms with van der Waals surface area (Å²) in [5, 5.41) is 0. The molecule has 6 nitrogen and oxygen atoms in total. The number of hydrogen-bond acceptors (Lipinski definition) is 6. The fourth-order valence-corrected chi connectivity index (χ4v) is 4.44. The molecule has 1 heterocycles. The number of carbonyl (C=O) groups excluding carboxylic acids is 2. The van der Waals surface area contributed by atoms with E-state index in [0.717, 1.165) is 23.4 Å². The highest BCUT2D eigenvalue weighted by molar-refractivity contribution is 8.00. The Hall–Kier alpha value is -2.28. The van der Waals surface area contributed by atoms with Crippen LogP contribution in [0.3, 0.4) is 0 Å². The topological polar surface area (TPSA) is 72.6 Å². The van der Waals surface area contributed by atoms with Crippen molar-refractivity contribution in [1.29, 1.82) is 0 Å². The number of esters is 1. The third-order valence-corrected chi connectivity index (χ3v) is 6.43. The second-order valence-electron chi connectivity index (χ2n) is 7.41. The second-order valence-corrected chi connectivity index (χ2v) is 8.42. The lowest BCUT2D eigenvalue weighted by Gasteiger charge is -2.31. The molecule has 0 spiro atoms. The van der Waals surface area contributed by atoms with Crippen LogP contribution in [0, 0.1) is 13.8 Å². The van der Waals surface area contributed by atoms with Crippen LogP contribution in [0.5, 0.6) is 0 Å². The summed E-state index contributed by atoms with van der Waals surface area (Å²) in [6.45, 7) is 3.65. The standard InChI is InChI=1S/C22H28N2O4S/c1-15-16(2)28-20(23-15)13-27-22(26)18-11-7-8-12-19(18)29-14-21(25)24(3)17-9-5-4-6-10-17/h7-8,11-12,17H,4-6,9-10,13-14H2,1-3H3. The van der Waals surface area contributed by atoms with Crippen molar-refractivity contribution in [1.82, 2.24) is 9.88 Å². The maximum atomic E-state index is 12.6. The van der Waals surface area contributed by atoms with Crippen molar-refractivity contribution in [3.63, 3.8) is 0 Å². The van der Waals surface area contributed by atoms with E-state index in [0.29, 0.717) is 29.0 Å². The van der Waals surface area contributed by atoms with Gasteiger partial charge in [-0.2, -0.15) is 0 Å². The minimum Gasteiger partial charge on any atom is -0.452 e. The van der Waals surface area contributed by atoms with Gasteiger partial charge in [-0.15, -0.1) is 11.8 Å². The molecule has 156 valence electrons. The molecule has 0 radical (unpaired) electrons. The number of rotatable bonds is 7. The summed E-state index contributed by atoms with van der Waals surface area (Å²) in [5.74, 6) is 1.04. The van der Waals surface area contributed by atoms with Crippen molar-refractivity contribution >= 4 is 23.6 Å². The van der Waals surface area contributed by atoms with Crippen LogP contribution in [0.25, 0.3) is 0 Å². The first-order valence-corrected chi connectivity index (χ1v) is 11.0. The van der Waals surface area contributed by atoms with Crippen LogP contribution in [0.4, 0.5) is 0 Å². The van der Waals surface area contributed by atoms with Crippen molar-refractivity contribution < 1.29 is 18.7 Å². The molecule has 2 aromatic rings. The molecule has 1 saturated carbocycles. The average Bonchev–Trinajstić information content (AvgIpc) is 3.07. The van der Waals surface area contributed by atoms with Gasteiger partial charge in [0.25, 0.3) is 0 Å².